The molecule has 7 heteroatoms. The summed E-state index contributed by atoms with van der Waals surface area (Å²) in [7, 11) is 0. The maximum absolute atomic E-state index is 12.7. The summed E-state index contributed by atoms with van der Waals surface area (Å²) in [5, 5.41) is 0. The lowest BCUT2D eigenvalue weighted by Crippen LogP contribution is -2.38. The molecule has 7 nitrogen and oxygen atoms in total. The lowest BCUT2D eigenvalue weighted by atomic mass is 9.96. The van der Waals surface area contributed by atoms with Crippen molar-refractivity contribution >= 4 is 5.91 Å². The van der Waals surface area contributed by atoms with Gasteiger partial charge in [0.15, 0.2) is 5.82 Å². The Hall–Kier alpha value is -3.09. The number of H-pyrrole nitrogens is 1. The molecule has 0 unspecified atom stereocenters. The van der Waals surface area contributed by atoms with E-state index in [1.165, 1.54) is 0 Å². The second-order valence-corrected chi connectivity index (χ2v) is 6.08. The lowest BCUT2D eigenvalue weighted by molar-refractivity contribution is 0.0710. The van der Waals surface area contributed by atoms with E-state index in [2.05, 4.69) is 24.9 Å². The van der Waals surface area contributed by atoms with Gasteiger partial charge in [0, 0.05) is 61.8 Å². The Morgan fingerprint density at radius 3 is 2.52 bits per heavy atom. The van der Waals surface area contributed by atoms with Crippen LogP contribution in [0.2, 0.25) is 0 Å². The van der Waals surface area contributed by atoms with Crippen molar-refractivity contribution in [3.63, 3.8) is 0 Å². The first kappa shape index (κ1) is 15.4. The van der Waals surface area contributed by atoms with Crippen LogP contribution in [0.4, 0.5) is 0 Å². The minimum Gasteiger partial charge on any atom is -0.348 e. The number of nitrogens with one attached hydrogen (secondary N) is 1. The molecule has 126 valence electrons. The van der Waals surface area contributed by atoms with Gasteiger partial charge in [0.05, 0.1) is 5.56 Å². The molecule has 4 heterocycles. The molecule has 3 aromatic heterocycles. The molecule has 1 N–H and O–H groups in total. The molecule has 1 saturated heterocycles. The summed E-state index contributed by atoms with van der Waals surface area (Å²) in [6.07, 6.45) is 12.0. The first-order valence-corrected chi connectivity index (χ1v) is 8.32. The van der Waals surface area contributed by atoms with E-state index in [1.807, 2.05) is 23.2 Å². The molecule has 25 heavy (non-hydrogen) atoms. The van der Waals surface area contributed by atoms with Gasteiger partial charge >= 0.3 is 0 Å². The highest BCUT2D eigenvalue weighted by atomic mass is 16.2. The van der Waals surface area contributed by atoms with E-state index in [0.29, 0.717) is 30.4 Å². The van der Waals surface area contributed by atoms with E-state index in [-0.39, 0.29) is 5.91 Å². The van der Waals surface area contributed by atoms with Crippen molar-refractivity contribution in [3.05, 3.63) is 60.7 Å². The second-order valence-electron chi connectivity index (χ2n) is 6.08. The summed E-state index contributed by atoms with van der Waals surface area (Å²) in [6, 6.07) is 3.73. The van der Waals surface area contributed by atoms with Crippen LogP contribution in [-0.4, -0.2) is 48.8 Å². The third-order valence-corrected chi connectivity index (χ3v) is 4.51. The number of aromatic amines is 1. The van der Waals surface area contributed by atoms with Crippen LogP contribution < -0.4 is 0 Å². The van der Waals surface area contributed by atoms with Gasteiger partial charge in [-0.15, -0.1) is 0 Å². The first-order valence-electron chi connectivity index (χ1n) is 8.32. The highest BCUT2D eigenvalue weighted by molar-refractivity contribution is 5.93. The van der Waals surface area contributed by atoms with Crippen molar-refractivity contribution in [1.82, 2.24) is 29.8 Å². The van der Waals surface area contributed by atoms with Crippen LogP contribution in [0.15, 0.2) is 49.3 Å². The number of carbonyl (C=O) groups excluding carboxylic acids is 1. The Morgan fingerprint density at radius 2 is 1.88 bits per heavy atom. The molecule has 0 saturated carbocycles. The molecule has 4 rings (SSSR count). The Balaban J connectivity index is 1.41. The summed E-state index contributed by atoms with van der Waals surface area (Å²) < 4.78 is 0. The number of piperidine rings is 1. The molecule has 1 aliphatic rings. The Bertz CT molecular complexity index is 824. The standard InChI is InChI=1S/C18H18N6O/c25-18(24-8-3-13(4-9-24)16-20-6-7-21-16)15-11-22-17(23-12-15)14-2-1-5-19-10-14/h1-2,5-7,10-13H,3-4,8-9H2,(H,20,21). The van der Waals surface area contributed by atoms with Crippen molar-refractivity contribution in [1.29, 1.82) is 0 Å². The van der Waals surface area contributed by atoms with Crippen molar-refractivity contribution in [3.8, 4) is 11.4 Å². The summed E-state index contributed by atoms with van der Waals surface area (Å²) >= 11 is 0. The summed E-state index contributed by atoms with van der Waals surface area (Å²) in [4.78, 5) is 34.7. The second kappa shape index (κ2) is 6.80. The average molecular weight is 334 g/mol. The maximum Gasteiger partial charge on any atom is 0.256 e. The lowest BCUT2D eigenvalue weighted by Gasteiger charge is -2.31. The van der Waals surface area contributed by atoms with Gasteiger partial charge in [-0.1, -0.05) is 0 Å². The van der Waals surface area contributed by atoms with Gasteiger partial charge in [-0.05, 0) is 25.0 Å². The molecule has 1 aliphatic heterocycles. The molecule has 0 bridgehead atoms. The zero-order chi connectivity index (χ0) is 17.1. The van der Waals surface area contributed by atoms with E-state index in [0.717, 1.165) is 24.2 Å². The Kier molecular flexibility index (Phi) is 4.20. The highest BCUT2D eigenvalue weighted by Gasteiger charge is 2.26. The van der Waals surface area contributed by atoms with Crippen molar-refractivity contribution in [2.75, 3.05) is 13.1 Å². The van der Waals surface area contributed by atoms with E-state index < -0.39 is 0 Å². The van der Waals surface area contributed by atoms with Crippen molar-refractivity contribution in [2.24, 2.45) is 0 Å². The Labute approximate surface area is 145 Å². The van der Waals surface area contributed by atoms with Crippen LogP contribution in [0.5, 0.6) is 0 Å². The topological polar surface area (TPSA) is 87.7 Å². The van der Waals surface area contributed by atoms with Gasteiger partial charge in [0.2, 0.25) is 0 Å². The predicted octanol–water partition coefficient (Wildman–Crippen LogP) is 2.28. The largest absolute Gasteiger partial charge is 0.348 e. The van der Waals surface area contributed by atoms with Crippen LogP contribution in [0, 0.1) is 0 Å². The third-order valence-electron chi connectivity index (χ3n) is 4.51. The van der Waals surface area contributed by atoms with Gasteiger partial charge in [0.1, 0.15) is 5.82 Å². The molecule has 0 spiro atoms. The number of amides is 1. The molecule has 0 atom stereocenters. The van der Waals surface area contributed by atoms with Gasteiger partial charge < -0.3 is 9.88 Å². The number of carbonyl (C=O) groups is 1. The maximum atomic E-state index is 12.7. The summed E-state index contributed by atoms with van der Waals surface area (Å²) in [5.74, 6) is 1.95. The number of likely N-dealkylation sites (tertiary alicyclic amines) is 1. The molecule has 0 aromatic carbocycles. The number of hydrogen-bond acceptors (Lipinski definition) is 5. The molecular weight excluding hydrogens is 316 g/mol. The van der Waals surface area contributed by atoms with E-state index in [4.69, 9.17) is 0 Å². The van der Waals surface area contributed by atoms with Gasteiger partial charge in [-0.25, -0.2) is 15.0 Å². The molecule has 1 fully saturated rings. The average Bonchev–Trinajstić information content (AvgIpc) is 3.23. The normalized spacial score (nSPS) is 15.3. The van der Waals surface area contributed by atoms with Gasteiger partial charge in [-0.3, -0.25) is 9.78 Å². The molecule has 0 aliphatic carbocycles. The highest BCUT2D eigenvalue weighted by Crippen LogP contribution is 2.26. The molecular formula is C18H18N6O. The third kappa shape index (κ3) is 3.26. The zero-order valence-corrected chi connectivity index (χ0v) is 13.7. The SMILES string of the molecule is O=C(c1cnc(-c2cccnc2)nc1)N1CCC(c2ncc[nH]2)CC1. The number of pyridine rings is 1. The smallest absolute Gasteiger partial charge is 0.256 e. The van der Waals surface area contributed by atoms with E-state index in [1.54, 1.807) is 31.0 Å². The first-order chi connectivity index (χ1) is 12.3. The molecule has 3 aromatic rings. The molecule has 1 amide bonds. The fourth-order valence-corrected chi connectivity index (χ4v) is 3.12. The predicted molar refractivity (Wildman–Crippen MR) is 91.7 cm³/mol. The minimum absolute atomic E-state index is 0.0179. The van der Waals surface area contributed by atoms with Gasteiger partial charge in [0.25, 0.3) is 5.91 Å². The van der Waals surface area contributed by atoms with Crippen LogP contribution >= 0.6 is 0 Å². The quantitative estimate of drug-likeness (QED) is 0.794. The monoisotopic (exact) mass is 334 g/mol. The zero-order valence-electron chi connectivity index (χ0n) is 13.7. The number of aromatic nitrogens is 5. The number of hydrogen-bond donors (Lipinski definition) is 1. The minimum atomic E-state index is -0.0179. The number of imidazole rings is 1. The number of nitrogens with zero attached hydrogens (tertiary/aromatic N) is 5. The van der Waals surface area contributed by atoms with Crippen LogP contribution in [0.3, 0.4) is 0 Å². The summed E-state index contributed by atoms with van der Waals surface area (Å²) in [6.45, 7) is 1.43. The fourth-order valence-electron chi connectivity index (χ4n) is 3.12. The van der Waals surface area contributed by atoms with E-state index in [9.17, 15) is 4.79 Å². The summed E-state index contributed by atoms with van der Waals surface area (Å²) in [5.41, 5.74) is 1.35. The Morgan fingerprint density at radius 1 is 1.08 bits per heavy atom. The van der Waals surface area contributed by atoms with E-state index >= 15 is 0 Å². The number of rotatable bonds is 3. The van der Waals surface area contributed by atoms with Gasteiger partial charge in [-0.2, -0.15) is 0 Å². The fraction of sp³-hybridized carbons (Fsp3) is 0.278. The van der Waals surface area contributed by atoms with Crippen molar-refractivity contribution in [2.45, 2.75) is 18.8 Å². The van der Waals surface area contributed by atoms with Crippen LogP contribution in [-0.2, 0) is 0 Å². The van der Waals surface area contributed by atoms with Crippen molar-refractivity contribution < 1.29 is 4.79 Å². The van der Waals surface area contributed by atoms with Crippen LogP contribution in [0.1, 0.15) is 34.9 Å². The molecule has 0 radical (unpaired) electrons. The van der Waals surface area contributed by atoms with Crippen LogP contribution in [0.25, 0.3) is 11.4 Å².